The minimum absolute atomic E-state index is 0.181. The van der Waals surface area contributed by atoms with Crippen LogP contribution >= 0.6 is 0 Å². The first-order chi connectivity index (χ1) is 16.5. The van der Waals surface area contributed by atoms with Gasteiger partial charge in [-0.1, -0.05) is 64.2 Å². The number of unbranched alkanes of at least 4 members (excludes halogenated alkanes) is 2. The molecule has 2 aliphatic carbocycles. The van der Waals surface area contributed by atoms with Crippen LogP contribution in [0.1, 0.15) is 102 Å². The van der Waals surface area contributed by atoms with Crippen LogP contribution in [-0.2, 0) is 4.79 Å². The molecule has 4 heteroatoms. The third-order valence-corrected chi connectivity index (χ3v) is 8.45. The highest BCUT2D eigenvalue weighted by molar-refractivity contribution is 5.89. The second kappa shape index (κ2) is 14.0. The summed E-state index contributed by atoms with van der Waals surface area (Å²) in [4.78, 5) is 12.3. The van der Waals surface area contributed by atoms with Gasteiger partial charge in [-0.3, -0.25) is 0 Å². The molecule has 0 aromatic heterocycles. The Bertz CT molecular complexity index is 736. The predicted octanol–water partition coefficient (Wildman–Crippen LogP) is 6.80. The molecule has 0 aliphatic heterocycles. The van der Waals surface area contributed by atoms with E-state index in [-0.39, 0.29) is 31.1 Å². The summed E-state index contributed by atoms with van der Waals surface area (Å²) in [6.07, 6.45) is 16.9. The van der Waals surface area contributed by atoms with E-state index in [0.29, 0.717) is 11.7 Å². The van der Waals surface area contributed by atoms with Gasteiger partial charge in [0.2, 0.25) is 0 Å². The maximum Gasteiger partial charge on any atom is 0.338 e. The van der Waals surface area contributed by atoms with E-state index >= 15 is 0 Å². The minimum atomic E-state index is -0.500. The number of carbonyl (C=O) groups is 1. The van der Waals surface area contributed by atoms with Gasteiger partial charge >= 0.3 is 5.97 Å². The Kier molecular flexibility index (Phi) is 11.1. The molecule has 0 amide bonds. The second-order valence-electron chi connectivity index (χ2n) is 10.9. The van der Waals surface area contributed by atoms with Gasteiger partial charge in [0.05, 0.1) is 0 Å². The third-order valence-electron chi connectivity index (χ3n) is 8.45. The molecule has 2 saturated carbocycles. The fourth-order valence-corrected chi connectivity index (χ4v) is 6.16. The Balaban J connectivity index is 1.40. The fourth-order valence-electron chi connectivity index (χ4n) is 6.16. The van der Waals surface area contributed by atoms with E-state index in [0.717, 1.165) is 17.8 Å². The van der Waals surface area contributed by atoms with Crippen molar-refractivity contribution in [3.8, 4) is 5.75 Å². The lowest BCUT2D eigenvalue weighted by atomic mass is 9.68. The van der Waals surface area contributed by atoms with Crippen molar-refractivity contribution >= 4 is 5.97 Å². The highest BCUT2D eigenvalue weighted by atomic mass is 16.5. The molecular formula is C30H46O4. The summed E-state index contributed by atoms with van der Waals surface area (Å²) in [7, 11) is 0. The van der Waals surface area contributed by atoms with Crippen molar-refractivity contribution in [2.24, 2.45) is 23.7 Å². The molecule has 2 N–H and O–H groups in total. The van der Waals surface area contributed by atoms with Crippen molar-refractivity contribution in [3.63, 3.8) is 0 Å². The van der Waals surface area contributed by atoms with Crippen molar-refractivity contribution in [3.05, 3.63) is 42.0 Å². The number of aliphatic hydroxyl groups is 2. The Morgan fingerprint density at radius 2 is 1.53 bits per heavy atom. The quantitative estimate of drug-likeness (QED) is 0.153. The smallest absolute Gasteiger partial charge is 0.338 e. The summed E-state index contributed by atoms with van der Waals surface area (Å²) in [5, 5.41) is 18.4. The monoisotopic (exact) mass is 470 g/mol. The maximum absolute atomic E-state index is 12.3. The number of esters is 1. The van der Waals surface area contributed by atoms with Crippen molar-refractivity contribution in [1.29, 1.82) is 0 Å². The SMILES string of the molecule is C=C(CC(CO)CO)C(=O)Oc1ccc(C2CCC(C3CCC(CCCCC)CC3)CC2)cc1. The van der Waals surface area contributed by atoms with Crippen LogP contribution in [0.2, 0.25) is 0 Å². The van der Waals surface area contributed by atoms with Crippen LogP contribution in [-0.4, -0.2) is 29.4 Å². The molecule has 3 rings (SSSR count). The average Bonchev–Trinajstić information content (AvgIpc) is 2.88. The number of carbonyl (C=O) groups excluding carboxylic acids is 1. The van der Waals surface area contributed by atoms with Gasteiger partial charge in [0.1, 0.15) is 5.75 Å². The van der Waals surface area contributed by atoms with Gasteiger partial charge in [0.25, 0.3) is 0 Å². The number of ether oxygens (including phenoxy) is 1. The van der Waals surface area contributed by atoms with Crippen molar-refractivity contribution < 1.29 is 19.7 Å². The minimum Gasteiger partial charge on any atom is -0.423 e. The van der Waals surface area contributed by atoms with Crippen LogP contribution < -0.4 is 4.74 Å². The molecule has 4 nitrogen and oxygen atoms in total. The summed E-state index contributed by atoms with van der Waals surface area (Å²) in [6, 6.07) is 7.95. The Morgan fingerprint density at radius 1 is 0.941 bits per heavy atom. The lowest BCUT2D eigenvalue weighted by molar-refractivity contribution is -0.130. The van der Waals surface area contributed by atoms with E-state index in [1.54, 1.807) is 0 Å². The van der Waals surface area contributed by atoms with E-state index in [1.165, 1.54) is 82.6 Å². The molecule has 0 bridgehead atoms. The molecule has 0 unspecified atom stereocenters. The third kappa shape index (κ3) is 7.95. The van der Waals surface area contributed by atoms with Gasteiger partial charge in [0, 0.05) is 24.7 Å². The molecule has 190 valence electrons. The van der Waals surface area contributed by atoms with Crippen LogP contribution in [0.4, 0.5) is 0 Å². The van der Waals surface area contributed by atoms with Gasteiger partial charge in [-0.15, -0.1) is 0 Å². The molecular weight excluding hydrogens is 424 g/mol. The van der Waals surface area contributed by atoms with Crippen LogP contribution in [0.25, 0.3) is 0 Å². The fraction of sp³-hybridized carbons (Fsp3) is 0.700. The zero-order chi connectivity index (χ0) is 24.3. The highest BCUT2D eigenvalue weighted by Crippen LogP contribution is 2.44. The Morgan fingerprint density at radius 3 is 2.09 bits per heavy atom. The summed E-state index contributed by atoms with van der Waals surface area (Å²) < 4.78 is 5.44. The van der Waals surface area contributed by atoms with Crippen LogP contribution in [0.3, 0.4) is 0 Å². The number of rotatable bonds is 12. The van der Waals surface area contributed by atoms with E-state index in [4.69, 9.17) is 4.74 Å². The Hall–Kier alpha value is -1.65. The zero-order valence-electron chi connectivity index (χ0n) is 21.2. The molecule has 0 heterocycles. The van der Waals surface area contributed by atoms with Crippen molar-refractivity contribution in [1.82, 2.24) is 0 Å². The predicted molar refractivity (Wildman–Crippen MR) is 138 cm³/mol. The first kappa shape index (κ1) is 26.9. The van der Waals surface area contributed by atoms with Crippen LogP contribution in [0.15, 0.2) is 36.4 Å². The van der Waals surface area contributed by atoms with E-state index in [9.17, 15) is 15.0 Å². The van der Waals surface area contributed by atoms with E-state index in [1.807, 2.05) is 12.1 Å². The number of hydrogen-bond acceptors (Lipinski definition) is 4. The van der Waals surface area contributed by atoms with Gasteiger partial charge in [-0.2, -0.15) is 0 Å². The molecule has 1 aromatic rings. The molecule has 34 heavy (non-hydrogen) atoms. The lowest BCUT2D eigenvalue weighted by Gasteiger charge is -2.38. The average molecular weight is 471 g/mol. The van der Waals surface area contributed by atoms with Crippen LogP contribution in [0.5, 0.6) is 5.75 Å². The second-order valence-corrected chi connectivity index (χ2v) is 10.9. The van der Waals surface area contributed by atoms with E-state index in [2.05, 4.69) is 25.6 Å². The molecule has 0 radical (unpaired) electrons. The summed E-state index contributed by atoms with van der Waals surface area (Å²) >= 11 is 0. The number of hydrogen-bond donors (Lipinski definition) is 2. The molecule has 2 aliphatic rings. The van der Waals surface area contributed by atoms with Crippen molar-refractivity contribution in [2.45, 2.75) is 96.3 Å². The lowest BCUT2D eigenvalue weighted by Crippen LogP contribution is -2.25. The molecule has 0 saturated heterocycles. The molecule has 0 atom stereocenters. The number of benzene rings is 1. The topological polar surface area (TPSA) is 66.8 Å². The summed E-state index contributed by atoms with van der Waals surface area (Å²) in [6.45, 7) is 5.68. The standard InChI is InChI=1S/C30H46O4/c1-3-4-5-6-23-7-9-25(10-8-23)26-11-13-27(14-12-26)28-15-17-29(18-16-28)34-30(33)22(2)19-24(20-31)21-32/h15-18,23-27,31-32H,2-14,19-21H2,1H3. The highest BCUT2D eigenvalue weighted by Gasteiger charge is 2.31. The Labute approximate surface area is 206 Å². The van der Waals surface area contributed by atoms with Crippen LogP contribution in [0, 0.1) is 23.7 Å². The van der Waals surface area contributed by atoms with Gasteiger partial charge in [-0.05, 0) is 86.3 Å². The maximum atomic E-state index is 12.3. The van der Waals surface area contributed by atoms with Crippen molar-refractivity contribution in [2.75, 3.05) is 13.2 Å². The van der Waals surface area contributed by atoms with Gasteiger partial charge in [-0.25, -0.2) is 4.79 Å². The zero-order valence-corrected chi connectivity index (χ0v) is 21.2. The van der Waals surface area contributed by atoms with E-state index < -0.39 is 5.97 Å². The first-order valence-corrected chi connectivity index (χ1v) is 13.8. The summed E-state index contributed by atoms with van der Waals surface area (Å²) in [5.41, 5.74) is 1.61. The normalized spacial score (nSPS) is 25.3. The first-order valence-electron chi connectivity index (χ1n) is 13.8. The summed E-state index contributed by atoms with van der Waals surface area (Å²) in [5.74, 6) is 3.11. The van der Waals surface area contributed by atoms with Gasteiger partial charge < -0.3 is 14.9 Å². The largest absolute Gasteiger partial charge is 0.423 e. The molecule has 2 fully saturated rings. The van der Waals surface area contributed by atoms with Gasteiger partial charge in [0.15, 0.2) is 0 Å². The number of aliphatic hydroxyl groups excluding tert-OH is 2. The molecule has 0 spiro atoms. The molecule has 1 aromatic carbocycles.